The molecule has 0 unspecified atom stereocenters. The molecule has 0 spiro atoms. The fourth-order valence-corrected chi connectivity index (χ4v) is 3.54. The lowest BCUT2D eigenvalue weighted by molar-refractivity contribution is -0.121. The zero-order valence-electron chi connectivity index (χ0n) is 13.7. The number of carbonyl (C=O) groups is 1. The molecule has 0 radical (unpaired) electrons. The number of nitrogens with two attached hydrogens (primary N) is 1. The number of anilines is 1. The second-order valence-corrected chi connectivity index (χ2v) is 8.45. The Morgan fingerprint density at radius 3 is 2.50 bits per heavy atom. The van der Waals surface area contributed by atoms with Gasteiger partial charge in [-0.3, -0.25) is 4.79 Å². The average molecular weight is 367 g/mol. The first-order valence-electron chi connectivity index (χ1n) is 7.59. The summed E-state index contributed by atoms with van der Waals surface area (Å²) in [6, 6.07) is 6.47. The first-order chi connectivity index (χ1) is 11.3. The number of amides is 1. The smallest absolute Gasteiger partial charge is 0.220 e. The number of aryl methyl sites for hydroxylation is 1. The average Bonchev–Trinajstić information content (AvgIpc) is 2.95. The van der Waals surface area contributed by atoms with Crippen molar-refractivity contribution in [2.75, 3.05) is 12.0 Å². The van der Waals surface area contributed by atoms with Gasteiger partial charge < -0.3 is 11.1 Å². The van der Waals surface area contributed by atoms with Crippen molar-refractivity contribution in [3.05, 3.63) is 40.9 Å². The number of hydrogen-bond donors (Lipinski definition) is 2. The van der Waals surface area contributed by atoms with Gasteiger partial charge in [0.25, 0.3) is 0 Å². The zero-order chi connectivity index (χ0) is 17.7. The van der Waals surface area contributed by atoms with Crippen LogP contribution in [0.1, 0.15) is 37.1 Å². The molecular weight excluding hydrogens is 346 g/mol. The van der Waals surface area contributed by atoms with E-state index in [1.54, 1.807) is 24.3 Å². The molecule has 2 rings (SSSR count). The van der Waals surface area contributed by atoms with Gasteiger partial charge in [-0.25, -0.2) is 13.4 Å². The van der Waals surface area contributed by atoms with E-state index in [0.717, 1.165) is 11.3 Å². The molecule has 1 amide bonds. The van der Waals surface area contributed by atoms with Crippen LogP contribution in [0.25, 0.3) is 0 Å². The van der Waals surface area contributed by atoms with E-state index in [1.165, 1.54) is 17.6 Å². The molecule has 130 valence electrons. The van der Waals surface area contributed by atoms with Crippen LogP contribution in [0.4, 0.5) is 5.13 Å². The molecule has 0 saturated heterocycles. The Kier molecular flexibility index (Phi) is 5.95. The SMILES string of the molecule is CC[C@H](NC(=O)CCc1csc(N)n1)c1ccc(S(C)(=O)=O)cc1. The van der Waals surface area contributed by atoms with E-state index in [-0.39, 0.29) is 16.8 Å². The number of benzene rings is 1. The number of nitrogen functional groups attached to an aromatic ring is 1. The summed E-state index contributed by atoms with van der Waals surface area (Å²) in [5.74, 6) is -0.0689. The van der Waals surface area contributed by atoms with E-state index in [4.69, 9.17) is 5.73 Å². The van der Waals surface area contributed by atoms with Gasteiger partial charge in [-0.1, -0.05) is 19.1 Å². The number of rotatable bonds is 7. The lowest BCUT2D eigenvalue weighted by Crippen LogP contribution is -2.28. The topological polar surface area (TPSA) is 102 Å². The van der Waals surface area contributed by atoms with Crippen molar-refractivity contribution in [3.63, 3.8) is 0 Å². The maximum atomic E-state index is 12.1. The van der Waals surface area contributed by atoms with Gasteiger partial charge in [0.2, 0.25) is 5.91 Å². The van der Waals surface area contributed by atoms with Gasteiger partial charge in [0.1, 0.15) is 0 Å². The van der Waals surface area contributed by atoms with Crippen LogP contribution < -0.4 is 11.1 Å². The predicted octanol–water partition coefficient (Wildman–Crippen LogP) is 2.33. The van der Waals surface area contributed by atoms with E-state index in [9.17, 15) is 13.2 Å². The number of nitrogens with zero attached hydrogens (tertiary/aromatic N) is 1. The van der Waals surface area contributed by atoms with Crippen molar-refractivity contribution in [1.82, 2.24) is 10.3 Å². The molecule has 2 aromatic rings. The maximum absolute atomic E-state index is 12.1. The molecule has 0 fully saturated rings. The Balaban J connectivity index is 1.96. The number of carbonyl (C=O) groups excluding carboxylic acids is 1. The van der Waals surface area contributed by atoms with Crippen LogP contribution >= 0.6 is 11.3 Å². The molecule has 1 aromatic carbocycles. The summed E-state index contributed by atoms with van der Waals surface area (Å²) in [4.78, 5) is 16.5. The lowest BCUT2D eigenvalue weighted by atomic mass is 10.0. The van der Waals surface area contributed by atoms with Crippen LogP contribution in [-0.2, 0) is 21.1 Å². The van der Waals surface area contributed by atoms with Crippen molar-refractivity contribution in [2.24, 2.45) is 0 Å². The third-order valence-electron chi connectivity index (χ3n) is 3.63. The fraction of sp³-hybridized carbons (Fsp3) is 0.375. The normalized spacial score (nSPS) is 12.8. The van der Waals surface area contributed by atoms with Crippen molar-refractivity contribution < 1.29 is 13.2 Å². The Bertz CT molecular complexity index is 798. The Morgan fingerprint density at radius 1 is 1.33 bits per heavy atom. The van der Waals surface area contributed by atoms with Gasteiger partial charge in [-0.05, 0) is 30.5 Å². The number of thiazole rings is 1. The highest BCUT2D eigenvalue weighted by Crippen LogP contribution is 2.20. The molecule has 8 heteroatoms. The summed E-state index contributed by atoms with van der Waals surface area (Å²) < 4.78 is 23.0. The summed E-state index contributed by atoms with van der Waals surface area (Å²) >= 11 is 1.36. The maximum Gasteiger partial charge on any atom is 0.220 e. The number of sulfone groups is 1. The van der Waals surface area contributed by atoms with Crippen molar-refractivity contribution in [3.8, 4) is 0 Å². The van der Waals surface area contributed by atoms with Crippen LogP contribution in [-0.4, -0.2) is 25.6 Å². The van der Waals surface area contributed by atoms with Gasteiger partial charge in [0.15, 0.2) is 15.0 Å². The highest BCUT2D eigenvalue weighted by Gasteiger charge is 2.14. The zero-order valence-corrected chi connectivity index (χ0v) is 15.3. The molecule has 3 N–H and O–H groups in total. The molecule has 6 nitrogen and oxygen atoms in total. The third-order valence-corrected chi connectivity index (χ3v) is 5.48. The second kappa shape index (κ2) is 7.76. The molecule has 0 aliphatic heterocycles. The first-order valence-corrected chi connectivity index (χ1v) is 10.4. The molecule has 0 aliphatic carbocycles. The Morgan fingerprint density at radius 2 is 2.00 bits per heavy atom. The Labute approximate surface area is 146 Å². The predicted molar refractivity (Wildman–Crippen MR) is 95.6 cm³/mol. The highest BCUT2D eigenvalue weighted by molar-refractivity contribution is 7.90. The summed E-state index contributed by atoms with van der Waals surface area (Å²) in [6.07, 6.45) is 2.77. The quantitative estimate of drug-likeness (QED) is 0.782. The van der Waals surface area contributed by atoms with E-state index in [0.29, 0.717) is 24.4 Å². The minimum atomic E-state index is -3.22. The molecule has 1 atom stereocenters. The molecule has 0 aliphatic rings. The van der Waals surface area contributed by atoms with Crippen molar-refractivity contribution in [1.29, 1.82) is 0 Å². The molecule has 1 heterocycles. The molecule has 1 aromatic heterocycles. The summed E-state index contributed by atoms with van der Waals surface area (Å²) in [7, 11) is -3.22. The van der Waals surface area contributed by atoms with Gasteiger partial charge in [-0.2, -0.15) is 0 Å². The molecular formula is C16H21N3O3S2. The summed E-state index contributed by atoms with van der Waals surface area (Å²) in [5, 5.41) is 5.33. The van der Waals surface area contributed by atoms with Crippen LogP contribution in [0.2, 0.25) is 0 Å². The fourth-order valence-electron chi connectivity index (χ4n) is 2.31. The van der Waals surface area contributed by atoms with Crippen LogP contribution in [0.3, 0.4) is 0 Å². The first kappa shape index (κ1) is 18.4. The number of hydrogen-bond acceptors (Lipinski definition) is 6. The van der Waals surface area contributed by atoms with E-state index >= 15 is 0 Å². The van der Waals surface area contributed by atoms with Crippen LogP contribution in [0.5, 0.6) is 0 Å². The van der Waals surface area contributed by atoms with E-state index in [1.807, 2.05) is 12.3 Å². The third kappa shape index (κ3) is 5.04. The molecule has 24 heavy (non-hydrogen) atoms. The van der Waals surface area contributed by atoms with E-state index in [2.05, 4.69) is 10.3 Å². The standard InChI is InChI=1S/C16H21N3O3S2/c1-3-14(11-4-7-13(8-5-11)24(2,21)22)19-15(20)9-6-12-10-23-16(17)18-12/h4-5,7-8,10,14H,3,6,9H2,1-2H3,(H2,17,18)(H,19,20)/t14-/m0/s1. The van der Waals surface area contributed by atoms with Crippen molar-refractivity contribution in [2.45, 2.75) is 37.1 Å². The van der Waals surface area contributed by atoms with Crippen LogP contribution in [0.15, 0.2) is 34.5 Å². The number of aromatic nitrogens is 1. The number of nitrogens with one attached hydrogen (secondary N) is 1. The largest absolute Gasteiger partial charge is 0.375 e. The molecule has 0 bridgehead atoms. The van der Waals surface area contributed by atoms with Gasteiger partial charge in [0, 0.05) is 18.1 Å². The lowest BCUT2D eigenvalue weighted by Gasteiger charge is -2.17. The minimum Gasteiger partial charge on any atom is -0.375 e. The monoisotopic (exact) mass is 367 g/mol. The van der Waals surface area contributed by atoms with Gasteiger partial charge >= 0.3 is 0 Å². The summed E-state index contributed by atoms with van der Waals surface area (Å²) in [6.45, 7) is 1.97. The second-order valence-electron chi connectivity index (χ2n) is 5.55. The van der Waals surface area contributed by atoms with E-state index < -0.39 is 9.84 Å². The van der Waals surface area contributed by atoms with Gasteiger partial charge in [-0.15, -0.1) is 11.3 Å². The molecule has 0 saturated carbocycles. The highest BCUT2D eigenvalue weighted by atomic mass is 32.2. The minimum absolute atomic E-state index is 0.0689. The van der Waals surface area contributed by atoms with Gasteiger partial charge in [0.05, 0.1) is 16.6 Å². The van der Waals surface area contributed by atoms with Crippen molar-refractivity contribution >= 4 is 32.2 Å². The summed E-state index contributed by atoms with van der Waals surface area (Å²) in [5.41, 5.74) is 7.27. The van der Waals surface area contributed by atoms with Crippen LogP contribution in [0, 0.1) is 0 Å². The Hall–Kier alpha value is -1.93.